The molecule has 0 unspecified atom stereocenters. The summed E-state index contributed by atoms with van der Waals surface area (Å²) in [7, 11) is 0. The Bertz CT molecular complexity index is 854. The largest absolute Gasteiger partial charge is 0.420 e. The van der Waals surface area contributed by atoms with E-state index in [0.717, 1.165) is 0 Å². The number of oxazole rings is 1. The number of anilines is 1. The molecule has 3 aromatic rings. The first kappa shape index (κ1) is 12.7. The summed E-state index contributed by atoms with van der Waals surface area (Å²) < 4.78 is 20.3. The predicted molar refractivity (Wildman–Crippen MR) is 75.4 cm³/mol. The summed E-state index contributed by atoms with van der Waals surface area (Å²) in [6, 6.07) is 9.54. The molecule has 0 aliphatic rings. The predicted octanol–water partition coefficient (Wildman–Crippen LogP) is 3.02. The van der Waals surface area contributed by atoms with Gasteiger partial charge >= 0.3 is 5.76 Å². The van der Waals surface area contributed by atoms with Crippen molar-refractivity contribution in [2.24, 2.45) is 0 Å². The van der Waals surface area contributed by atoms with E-state index in [0.29, 0.717) is 22.4 Å². The van der Waals surface area contributed by atoms with Crippen molar-refractivity contribution < 1.29 is 8.81 Å². The van der Waals surface area contributed by atoms with Gasteiger partial charge < -0.3 is 10.2 Å². The van der Waals surface area contributed by atoms with E-state index in [1.807, 2.05) is 0 Å². The second kappa shape index (κ2) is 4.68. The summed E-state index contributed by atoms with van der Waals surface area (Å²) in [6.07, 6.45) is 0. The van der Waals surface area contributed by atoms with Crippen molar-refractivity contribution in [1.29, 1.82) is 0 Å². The van der Waals surface area contributed by atoms with Gasteiger partial charge in [-0.1, -0.05) is 23.7 Å². The van der Waals surface area contributed by atoms with Crippen molar-refractivity contribution in [1.82, 2.24) is 4.57 Å². The molecular formula is C14H10ClFN2O2. The molecule has 0 radical (unpaired) electrons. The highest BCUT2D eigenvalue weighted by Gasteiger charge is 2.13. The van der Waals surface area contributed by atoms with E-state index in [4.69, 9.17) is 21.8 Å². The van der Waals surface area contributed by atoms with Crippen LogP contribution in [-0.2, 0) is 6.54 Å². The Morgan fingerprint density at radius 1 is 1.30 bits per heavy atom. The zero-order valence-corrected chi connectivity index (χ0v) is 11.0. The minimum Gasteiger partial charge on any atom is -0.408 e. The van der Waals surface area contributed by atoms with Crippen LogP contribution in [-0.4, -0.2) is 4.57 Å². The van der Waals surface area contributed by atoms with Crippen LogP contribution in [0.5, 0.6) is 0 Å². The molecule has 0 spiro atoms. The number of nitrogens with zero attached hydrogens (tertiary/aromatic N) is 1. The van der Waals surface area contributed by atoms with E-state index in [-0.39, 0.29) is 11.6 Å². The second-order valence-electron chi connectivity index (χ2n) is 4.39. The van der Waals surface area contributed by atoms with E-state index in [9.17, 15) is 9.18 Å². The molecule has 0 saturated heterocycles. The monoisotopic (exact) mass is 292 g/mol. The van der Waals surface area contributed by atoms with Gasteiger partial charge in [-0.05, 0) is 18.2 Å². The highest BCUT2D eigenvalue weighted by molar-refractivity contribution is 6.30. The first-order valence-electron chi connectivity index (χ1n) is 5.88. The maximum atomic E-state index is 13.9. The molecule has 3 rings (SSSR count). The fraction of sp³-hybridized carbons (Fsp3) is 0.0714. The molecule has 6 heteroatoms. The maximum Gasteiger partial charge on any atom is 0.420 e. The minimum absolute atomic E-state index is 0.0209. The van der Waals surface area contributed by atoms with Gasteiger partial charge in [0.2, 0.25) is 0 Å². The van der Waals surface area contributed by atoms with Crippen molar-refractivity contribution in [3.8, 4) is 0 Å². The van der Waals surface area contributed by atoms with Gasteiger partial charge in [0.15, 0.2) is 5.58 Å². The van der Waals surface area contributed by atoms with Crippen molar-refractivity contribution in [3.05, 3.63) is 63.4 Å². The molecule has 4 nitrogen and oxygen atoms in total. The van der Waals surface area contributed by atoms with Crippen LogP contribution in [0.2, 0.25) is 5.02 Å². The van der Waals surface area contributed by atoms with Crippen molar-refractivity contribution >= 4 is 28.4 Å². The topological polar surface area (TPSA) is 61.2 Å². The smallest absolute Gasteiger partial charge is 0.408 e. The average Bonchev–Trinajstić information content (AvgIpc) is 2.70. The van der Waals surface area contributed by atoms with Crippen LogP contribution < -0.4 is 11.5 Å². The van der Waals surface area contributed by atoms with Gasteiger partial charge in [0.1, 0.15) is 5.82 Å². The molecule has 102 valence electrons. The molecule has 1 aromatic heterocycles. The summed E-state index contributed by atoms with van der Waals surface area (Å²) >= 11 is 5.73. The van der Waals surface area contributed by atoms with Gasteiger partial charge in [-0.15, -0.1) is 0 Å². The van der Waals surface area contributed by atoms with Crippen LogP contribution in [0.1, 0.15) is 5.56 Å². The highest BCUT2D eigenvalue weighted by Crippen LogP contribution is 2.21. The van der Waals surface area contributed by atoms with E-state index in [2.05, 4.69) is 0 Å². The van der Waals surface area contributed by atoms with Crippen LogP contribution in [0, 0.1) is 5.82 Å². The van der Waals surface area contributed by atoms with Gasteiger partial charge in [-0.3, -0.25) is 4.57 Å². The number of benzene rings is 2. The molecule has 1 heterocycles. The number of nitrogen functional groups attached to an aromatic ring is 1. The fourth-order valence-corrected chi connectivity index (χ4v) is 2.27. The van der Waals surface area contributed by atoms with Crippen molar-refractivity contribution in [3.63, 3.8) is 0 Å². The molecule has 20 heavy (non-hydrogen) atoms. The van der Waals surface area contributed by atoms with E-state index in [1.54, 1.807) is 30.3 Å². The van der Waals surface area contributed by atoms with Crippen LogP contribution in [0.15, 0.2) is 45.6 Å². The Morgan fingerprint density at radius 3 is 2.90 bits per heavy atom. The number of aromatic nitrogens is 1. The molecular weight excluding hydrogens is 283 g/mol. The lowest BCUT2D eigenvalue weighted by molar-refractivity contribution is 0.512. The van der Waals surface area contributed by atoms with Gasteiger partial charge in [0.25, 0.3) is 0 Å². The minimum atomic E-state index is -0.565. The van der Waals surface area contributed by atoms with Crippen LogP contribution >= 0.6 is 11.6 Å². The Hall–Kier alpha value is -2.27. The Morgan fingerprint density at radius 2 is 2.10 bits per heavy atom. The Labute approximate surface area is 118 Å². The van der Waals surface area contributed by atoms with E-state index >= 15 is 0 Å². The van der Waals surface area contributed by atoms with Crippen LogP contribution in [0.25, 0.3) is 11.1 Å². The lowest BCUT2D eigenvalue weighted by Crippen LogP contribution is -2.15. The molecule has 2 aromatic carbocycles. The van der Waals surface area contributed by atoms with Crippen molar-refractivity contribution in [2.45, 2.75) is 6.54 Å². The number of fused-ring (bicyclic) bond motifs is 1. The quantitative estimate of drug-likeness (QED) is 0.739. The molecule has 0 fully saturated rings. The molecule has 0 aliphatic heterocycles. The van der Waals surface area contributed by atoms with Crippen LogP contribution in [0.3, 0.4) is 0 Å². The van der Waals surface area contributed by atoms with Crippen molar-refractivity contribution in [2.75, 3.05) is 5.73 Å². The Kier molecular flexibility index (Phi) is 2.99. The lowest BCUT2D eigenvalue weighted by Gasteiger charge is -2.05. The summed E-state index contributed by atoms with van der Waals surface area (Å²) in [6.45, 7) is 0.0438. The lowest BCUT2D eigenvalue weighted by atomic mass is 10.2. The first-order valence-corrected chi connectivity index (χ1v) is 6.26. The first-order chi connectivity index (χ1) is 9.56. The highest BCUT2D eigenvalue weighted by atomic mass is 35.5. The third-order valence-corrected chi connectivity index (χ3v) is 3.34. The number of halogens is 2. The molecule has 2 N–H and O–H groups in total. The molecule has 0 saturated carbocycles. The number of nitrogens with two attached hydrogens (primary N) is 1. The van der Waals surface area contributed by atoms with Gasteiger partial charge in [0.05, 0.1) is 17.1 Å². The number of hydrogen-bond acceptors (Lipinski definition) is 3. The van der Waals surface area contributed by atoms with E-state index < -0.39 is 11.6 Å². The molecule has 0 bridgehead atoms. The zero-order valence-electron chi connectivity index (χ0n) is 10.3. The number of hydrogen-bond donors (Lipinski definition) is 1. The normalized spacial score (nSPS) is 11.1. The summed E-state index contributed by atoms with van der Waals surface area (Å²) in [4.78, 5) is 11.9. The third kappa shape index (κ3) is 2.06. The standard InChI is InChI=1S/C14H10ClFN2O2/c15-10-3-1-2-8(13(10)16)7-18-11-5-4-9(17)6-12(11)20-14(18)19/h1-6H,7,17H2. The maximum absolute atomic E-state index is 13.9. The summed E-state index contributed by atoms with van der Waals surface area (Å²) in [5.41, 5.74) is 7.37. The zero-order chi connectivity index (χ0) is 14.3. The Balaban J connectivity index is 2.13. The second-order valence-corrected chi connectivity index (χ2v) is 4.80. The molecule has 0 atom stereocenters. The summed E-state index contributed by atoms with van der Waals surface area (Å²) in [5, 5.41) is 0.0209. The van der Waals surface area contributed by atoms with Gasteiger partial charge in [-0.2, -0.15) is 0 Å². The average molecular weight is 293 g/mol. The molecule has 0 aliphatic carbocycles. The van der Waals surface area contributed by atoms with E-state index in [1.165, 1.54) is 10.6 Å². The SMILES string of the molecule is Nc1ccc2c(c1)oc(=O)n2Cc1cccc(Cl)c1F. The summed E-state index contributed by atoms with van der Waals surface area (Å²) in [5.74, 6) is -1.10. The third-order valence-electron chi connectivity index (χ3n) is 3.05. The van der Waals surface area contributed by atoms with Gasteiger partial charge in [-0.25, -0.2) is 9.18 Å². The van der Waals surface area contributed by atoms with Crippen LogP contribution in [0.4, 0.5) is 10.1 Å². The molecule has 0 amide bonds. The fourth-order valence-electron chi connectivity index (χ4n) is 2.07. The number of rotatable bonds is 2. The van der Waals surface area contributed by atoms with Gasteiger partial charge in [0, 0.05) is 17.3 Å².